The summed E-state index contributed by atoms with van der Waals surface area (Å²) in [5, 5.41) is 10.8. The number of carbonyl (C=O) groups excluding carboxylic acids is 1. The molecular weight excluding hydrogens is 358 g/mol. The van der Waals surface area contributed by atoms with Crippen molar-refractivity contribution in [2.24, 2.45) is 5.73 Å². The van der Waals surface area contributed by atoms with Crippen LogP contribution in [0.25, 0.3) is 0 Å². The molecule has 1 amide bonds. The van der Waals surface area contributed by atoms with Crippen LogP contribution in [0.15, 0.2) is 54.6 Å². The number of nitro benzene ring substituents is 1. The fourth-order valence-corrected chi connectivity index (χ4v) is 3.01. The van der Waals surface area contributed by atoms with Crippen molar-refractivity contribution in [3.8, 4) is 5.75 Å². The standard InChI is InChI=1S/C18H19N3O4.ClH/c19-17-11-20(10-16(17)13-5-2-1-3-6-13)18(22)12-25-15-8-4-7-14(9-15)21(23)24;/h1-9,16-17H,10-12,19H2;1H/t16-,17+;/m0./s1. The van der Waals surface area contributed by atoms with E-state index >= 15 is 0 Å². The SMILES string of the molecule is Cl.N[C@@H]1CN(C(=O)COc2cccc([N+](=O)[O-])c2)C[C@H]1c1ccccc1. The molecule has 8 heteroatoms. The lowest BCUT2D eigenvalue weighted by molar-refractivity contribution is -0.384. The Morgan fingerprint density at radius 2 is 1.92 bits per heavy atom. The zero-order valence-electron chi connectivity index (χ0n) is 14.0. The normalized spacial score (nSPS) is 18.9. The van der Waals surface area contributed by atoms with E-state index in [1.54, 1.807) is 11.0 Å². The molecule has 1 heterocycles. The molecule has 1 aliphatic heterocycles. The van der Waals surface area contributed by atoms with Gasteiger partial charge in [-0.15, -0.1) is 12.4 Å². The monoisotopic (exact) mass is 377 g/mol. The molecule has 1 fully saturated rings. The van der Waals surface area contributed by atoms with Gasteiger partial charge in [-0.3, -0.25) is 14.9 Å². The third-order valence-corrected chi connectivity index (χ3v) is 4.34. The maximum absolute atomic E-state index is 12.4. The van der Waals surface area contributed by atoms with Gasteiger partial charge in [-0.1, -0.05) is 36.4 Å². The summed E-state index contributed by atoms with van der Waals surface area (Å²) >= 11 is 0. The van der Waals surface area contributed by atoms with Gasteiger partial charge in [0.2, 0.25) is 0 Å². The largest absolute Gasteiger partial charge is 0.484 e. The lowest BCUT2D eigenvalue weighted by Gasteiger charge is -2.17. The van der Waals surface area contributed by atoms with Crippen LogP contribution in [0.3, 0.4) is 0 Å². The molecule has 2 N–H and O–H groups in total. The Labute approximate surface area is 157 Å². The number of hydrogen-bond acceptors (Lipinski definition) is 5. The van der Waals surface area contributed by atoms with Crippen LogP contribution in [0.2, 0.25) is 0 Å². The minimum absolute atomic E-state index is 0. The summed E-state index contributed by atoms with van der Waals surface area (Å²) in [6, 6.07) is 15.5. The first-order valence-electron chi connectivity index (χ1n) is 8.00. The first kappa shape index (κ1) is 19.7. The Kier molecular flexibility index (Phi) is 6.54. The maximum Gasteiger partial charge on any atom is 0.273 e. The van der Waals surface area contributed by atoms with E-state index in [1.165, 1.54) is 18.2 Å². The van der Waals surface area contributed by atoms with E-state index in [0.29, 0.717) is 18.8 Å². The number of nitrogens with two attached hydrogens (primary N) is 1. The molecule has 26 heavy (non-hydrogen) atoms. The summed E-state index contributed by atoms with van der Waals surface area (Å²) in [4.78, 5) is 24.3. The number of ether oxygens (including phenoxy) is 1. The van der Waals surface area contributed by atoms with Crippen molar-refractivity contribution in [1.29, 1.82) is 0 Å². The fraction of sp³-hybridized carbons (Fsp3) is 0.278. The molecule has 1 saturated heterocycles. The van der Waals surface area contributed by atoms with E-state index in [-0.39, 0.29) is 42.6 Å². The molecule has 3 rings (SSSR count). The van der Waals surface area contributed by atoms with Gasteiger partial charge in [0.15, 0.2) is 6.61 Å². The topological polar surface area (TPSA) is 98.7 Å². The van der Waals surface area contributed by atoms with Gasteiger partial charge in [0.1, 0.15) is 5.75 Å². The molecule has 2 aromatic rings. The first-order valence-corrected chi connectivity index (χ1v) is 8.00. The smallest absolute Gasteiger partial charge is 0.273 e. The van der Waals surface area contributed by atoms with Gasteiger partial charge in [-0.25, -0.2) is 0 Å². The van der Waals surface area contributed by atoms with Crippen molar-refractivity contribution in [3.05, 3.63) is 70.3 Å². The van der Waals surface area contributed by atoms with Crippen LogP contribution in [0.1, 0.15) is 11.5 Å². The quantitative estimate of drug-likeness (QED) is 0.637. The van der Waals surface area contributed by atoms with Crippen molar-refractivity contribution in [3.63, 3.8) is 0 Å². The van der Waals surface area contributed by atoms with Crippen molar-refractivity contribution < 1.29 is 14.5 Å². The zero-order valence-corrected chi connectivity index (χ0v) is 14.8. The van der Waals surface area contributed by atoms with Crippen LogP contribution in [0, 0.1) is 10.1 Å². The molecule has 0 aliphatic carbocycles. The van der Waals surface area contributed by atoms with E-state index in [0.717, 1.165) is 5.56 Å². The van der Waals surface area contributed by atoms with Crippen LogP contribution in [0.4, 0.5) is 5.69 Å². The number of nitro groups is 1. The van der Waals surface area contributed by atoms with Crippen LogP contribution < -0.4 is 10.5 Å². The molecule has 7 nitrogen and oxygen atoms in total. The van der Waals surface area contributed by atoms with Crippen molar-refractivity contribution in [2.45, 2.75) is 12.0 Å². The fourth-order valence-electron chi connectivity index (χ4n) is 3.01. The third kappa shape index (κ3) is 4.50. The number of carbonyl (C=O) groups is 1. The number of rotatable bonds is 5. The van der Waals surface area contributed by atoms with E-state index < -0.39 is 4.92 Å². The molecule has 2 aromatic carbocycles. The molecule has 0 spiro atoms. The van der Waals surface area contributed by atoms with Gasteiger partial charge >= 0.3 is 0 Å². The Morgan fingerprint density at radius 3 is 2.62 bits per heavy atom. The number of non-ortho nitro benzene ring substituents is 1. The molecule has 0 bridgehead atoms. The second-order valence-corrected chi connectivity index (χ2v) is 6.02. The number of likely N-dealkylation sites (tertiary alicyclic amines) is 1. The minimum atomic E-state index is -0.501. The Morgan fingerprint density at radius 1 is 1.19 bits per heavy atom. The summed E-state index contributed by atoms with van der Waals surface area (Å²) in [6.45, 7) is 0.842. The summed E-state index contributed by atoms with van der Waals surface area (Å²) < 4.78 is 5.41. The summed E-state index contributed by atoms with van der Waals surface area (Å²) in [5.41, 5.74) is 7.23. The second kappa shape index (κ2) is 8.64. The van der Waals surface area contributed by atoms with Gasteiger partial charge in [-0.2, -0.15) is 0 Å². The number of amides is 1. The molecule has 0 unspecified atom stereocenters. The third-order valence-electron chi connectivity index (χ3n) is 4.34. The van der Waals surface area contributed by atoms with E-state index in [9.17, 15) is 14.9 Å². The van der Waals surface area contributed by atoms with Crippen LogP contribution in [-0.4, -0.2) is 41.5 Å². The Bertz CT molecular complexity index is 772. The van der Waals surface area contributed by atoms with Crippen molar-refractivity contribution in [2.75, 3.05) is 19.7 Å². The van der Waals surface area contributed by atoms with E-state index in [4.69, 9.17) is 10.5 Å². The Hall–Kier alpha value is -2.64. The van der Waals surface area contributed by atoms with Gasteiger partial charge < -0.3 is 15.4 Å². The number of nitrogens with zero attached hydrogens (tertiary/aromatic N) is 2. The number of halogens is 1. The lowest BCUT2D eigenvalue weighted by atomic mass is 9.95. The van der Waals surface area contributed by atoms with E-state index in [1.807, 2.05) is 30.3 Å². The van der Waals surface area contributed by atoms with Crippen LogP contribution in [0.5, 0.6) is 5.75 Å². The molecule has 0 aromatic heterocycles. The average Bonchev–Trinajstić information content (AvgIpc) is 3.02. The highest BCUT2D eigenvalue weighted by Gasteiger charge is 2.33. The summed E-state index contributed by atoms with van der Waals surface area (Å²) in [7, 11) is 0. The highest BCUT2D eigenvalue weighted by molar-refractivity contribution is 5.85. The lowest BCUT2D eigenvalue weighted by Crippen LogP contribution is -2.35. The molecule has 138 valence electrons. The van der Waals surface area contributed by atoms with Crippen molar-refractivity contribution >= 4 is 24.0 Å². The zero-order chi connectivity index (χ0) is 17.8. The molecule has 0 radical (unpaired) electrons. The summed E-state index contributed by atoms with van der Waals surface area (Å²) in [6.07, 6.45) is 0. The Balaban J connectivity index is 0.00000243. The van der Waals surface area contributed by atoms with Gasteiger partial charge in [-0.05, 0) is 11.6 Å². The molecule has 2 atom stereocenters. The van der Waals surface area contributed by atoms with Crippen LogP contribution >= 0.6 is 12.4 Å². The highest BCUT2D eigenvalue weighted by atomic mass is 35.5. The molecular formula is C18H20ClN3O4. The van der Waals surface area contributed by atoms with Crippen LogP contribution in [-0.2, 0) is 4.79 Å². The first-order chi connectivity index (χ1) is 12.0. The number of benzene rings is 2. The number of hydrogen-bond donors (Lipinski definition) is 1. The van der Waals surface area contributed by atoms with Gasteiger partial charge in [0.05, 0.1) is 11.0 Å². The van der Waals surface area contributed by atoms with Crippen molar-refractivity contribution in [1.82, 2.24) is 4.90 Å². The highest BCUT2D eigenvalue weighted by Crippen LogP contribution is 2.26. The average molecular weight is 378 g/mol. The van der Waals surface area contributed by atoms with Gasteiger partial charge in [0, 0.05) is 31.1 Å². The van der Waals surface area contributed by atoms with Gasteiger partial charge in [0.25, 0.3) is 11.6 Å². The molecule has 1 aliphatic rings. The van der Waals surface area contributed by atoms with E-state index in [2.05, 4.69) is 0 Å². The predicted molar refractivity (Wildman–Crippen MR) is 99.6 cm³/mol. The second-order valence-electron chi connectivity index (χ2n) is 6.02. The minimum Gasteiger partial charge on any atom is -0.484 e. The maximum atomic E-state index is 12.4. The summed E-state index contributed by atoms with van der Waals surface area (Å²) in [5.74, 6) is 0.217. The predicted octanol–water partition coefficient (Wildman–Crippen LogP) is 2.35. The molecule has 0 saturated carbocycles.